The van der Waals surface area contributed by atoms with Crippen molar-refractivity contribution in [2.75, 3.05) is 24.5 Å². The average molecular weight is 248 g/mol. The van der Waals surface area contributed by atoms with Gasteiger partial charge in [-0.05, 0) is 44.5 Å². The van der Waals surface area contributed by atoms with Crippen LogP contribution in [0.4, 0.5) is 5.69 Å². The van der Waals surface area contributed by atoms with Crippen molar-refractivity contribution in [1.82, 2.24) is 5.32 Å². The van der Waals surface area contributed by atoms with Gasteiger partial charge in [0.2, 0.25) is 0 Å². The lowest BCUT2D eigenvalue weighted by molar-refractivity contribution is 0.482. The summed E-state index contributed by atoms with van der Waals surface area (Å²) < 4.78 is 0. The lowest BCUT2D eigenvalue weighted by atomic mass is 10.1. The number of aryl methyl sites for hydroxylation is 1. The maximum Gasteiger partial charge on any atom is 0.0369 e. The van der Waals surface area contributed by atoms with Crippen LogP contribution in [0, 0.1) is 6.92 Å². The number of hydrogen-bond donors (Lipinski definition) is 1. The molecule has 1 aromatic rings. The molecule has 18 heavy (non-hydrogen) atoms. The Bertz CT molecular complexity index is 330. The third kappa shape index (κ3) is 4.69. The van der Waals surface area contributed by atoms with E-state index in [1.807, 2.05) is 0 Å². The zero-order valence-corrected chi connectivity index (χ0v) is 12.4. The van der Waals surface area contributed by atoms with Gasteiger partial charge in [-0.25, -0.2) is 0 Å². The van der Waals surface area contributed by atoms with E-state index in [-0.39, 0.29) is 0 Å². The Morgan fingerprint density at radius 2 is 2.00 bits per heavy atom. The first-order valence-electron chi connectivity index (χ1n) is 7.26. The van der Waals surface area contributed by atoms with E-state index in [1.165, 1.54) is 24.1 Å². The van der Waals surface area contributed by atoms with Gasteiger partial charge in [0.15, 0.2) is 0 Å². The third-order valence-electron chi connectivity index (χ3n) is 3.32. The number of anilines is 1. The molecule has 0 aliphatic carbocycles. The lowest BCUT2D eigenvalue weighted by Gasteiger charge is -2.29. The van der Waals surface area contributed by atoms with E-state index in [0.717, 1.165) is 19.6 Å². The number of rotatable bonds is 8. The summed E-state index contributed by atoms with van der Waals surface area (Å²) in [6.07, 6.45) is 2.49. The van der Waals surface area contributed by atoms with Gasteiger partial charge in [0, 0.05) is 24.8 Å². The van der Waals surface area contributed by atoms with Crippen molar-refractivity contribution in [3.8, 4) is 0 Å². The van der Waals surface area contributed by atoms with E-state index in [1.54, 1.807) is 0 Å². The molecule has 1 aromatic carbocycles. The van der Waals surface area contributed by atoms with Gasteiger partial charge in [0.05, 0.1) is 0 Å². The molecule has 102 valence electrons. The van der Waals surface area contributed by atoms with Crippen LogP contribution in [0.25, 0.3) is 0 Å². The van der Waals surface area contributed by atoms with Crippen molar-refractivity contribution in [2.45, 2.75) is 46.6 Å². The summed E-state index contributed by atoms with van der Waals surface area (Å²) in [5.74, 6) is 0. The Balaban J connectivity index is 2.70. The molecule has 0 saturated heterocycles. The highest BCUT2D eigenvalue weighted by Gasteiger charge is 2.12. The number of hydrogen-bond acceptors (Lipinski definition) is 2. The van der Waals surface area contributed by atoms with Gasteiger partial charge in [0.1, 0.15) is 0 Å². The van der Waals surface area contributed by atoms with Crippen molar-refractivity contribution in [1.29, 1.82) is 0 Å². The van der Waals surface area contributed by atoms with Crippen LogP contribution in [-0.2, 0) is 0 Å². The fourth-order valence-electron chi connectivity index (χ4n) is 2.40. The van der Waals surface area contributed by atoms with E-state index in [9.17, 15) is 0 Å². The van der Waals surface area contributed by atoms with Crippen LogP contribution in [0.2, 0.25) is 0 Å². The zero-order chi connectivity index (χ0) is 13.4. The number of nitrogens with one attached hydrogen (secondary N) is 1. The number of benzene rings is 1. The molecule has 0 fully saturated rings. The Morgan fingerprint density at radius 3 is 2.56 bits per heavy atom. The number of likely N-dealkylation sites (N-methyl/N-ethyl adjacent to an activating group) is 2. The van der Waals surface area contributed by atoms with Gasteiger partial charge in [0.25, 0.3) is 0 Å². The van der Waals surface area contributed by atoms with Gasteiger partial charge in [-0.2, -0.15) is 0 Å². The first kappa shape index (κ1) is 15.0. The summed E-state index contributed by atoms with van der Waals surface area (Å²) in [5.41, 5.74) is 2.68. The minimum atomic E-state index is 0.598. The van der Waals surface area contributed by atoms with Crippen LogP contribution in [0.1, 0.15) is 39.2 Å². The van der Waals surface area contributed by atoms with Crippen molar-refractivity contribution in [3.63, 3.8) is 0 Å². The summed E-state index contributed by atoms with van der Waals surface area (Å²) in [6, 6.07) is 9.39. The van der Waals surface area contributed by atoms with Crippen LogP contribution in [0.5, 0.6) is 0 Å². The molecular formula is C16H28N2. The Kier molecular flexibility index (Phi) is 6.81. The van der Waals surface area contributed by atoms with Crippen molar-refractivity contribution in [2.24, 2.45) is 0 Å². The highest BCUT2D eigenvalue weighted by atomic mass is 15.1. The summed E-state index contributed by atoms with van der Waals surface area (Å²) in [5, 5.41) is 3.59. The normalized spacial score (nSPS) is 12.4. The molecule has 1 rings (SSSR count). The summed E-state index contributed by atoms with van der Waals surface area (Å²) in [4.78, 5) is 2.47. The molecule has 0 aromatic heterocycles. The zero-order valence-electron chi connectivity index (χ0n) is 12.4. The Hall–Kier alpha value is -1.02. The van der Waals surface area contributed by atoms with Crippen molar-refractivity contribution >= 4 is 5.69 Å². The molecule has 1 N–H and O–H groups in total. The predicted octanol–water partition coefficient (Wildman–Crippen LogP) is 3.60. The van der Waals surface area contributed by atoms with Gasteiger partial charge < -0.3 is 10.2 Å². The van der Waals surface area contributed by atoms with E-state index in [0.29, 0.717) is 6.04 Å². The highest BCUT2D eigenvalue weighted by Crippen LogP contribution is 2.16. The van der Waals surface area contributed by atoms with Gasteiger partial charge >= 0.3 is 0 Å². The predicted molar refractivity (Wildman–Crippen MR) is 81.4 cm³/mol. The molecule has 0 aliphatic rings. The molecular weight excluding hydrogens is 220 g/mol. The summed E-state index contributed by atoms with van der Waals surface area (Å²) in [6.45, 7) is 12.0. The molecule has 0 heterocycles. The molecule has 0 radical (unpaired) electrons. The van der Waals surface area contributed by atoms with E-state index in [4.69, 9.17) is 0 Å². The Labute approximate surface area is 112 Å². The molecule has 1 unspecified atom stereocenters. The van der Waals surface area contributed by atoms with Gasteiger partial charge in [-0.15, -0.1) is 0 Å². The molecule has 0 saturated carbocycles. The second-order valence-electron chi connectivity index (χ2n) is 4.92. The van der Waals surface area contributed by atoms with Crippen molar-refractivity contribution in [3.05, 3.63) is 29.8 Å². The third-order valence-corrected chi connectivity index (χ3v) is 3.32. The number of nitrogens with zero attached hydrogens (tertiary/aromatic N) is 1. The Morgan fingerprint density at radius 1 is 1.22 bits per heavy atom. The maximum atomic E-state index is 3.59. The lowest BCUT2D eigenvalue weighted by Crippen LogP contribution is -2.41. The van der Waals surface area contributed by atoms with E-state index >= 15 is 0 Å². The minimum Gasteiger partial charge on any atom is -0.370 e. The fourth-order valence-corrected chi connectivity index (χ4v) is 2.40. The van der Waals surface area contributed by atoms with E-state index in [2.05, 4.69) is 62.2 Å². The van der Waals surface area contributed by atoms with Gasteiger partial charge in [-0.3, -0.25) is 0 Å². The first-order chi connectivity index (χ1) is 8.71. The molecule has 1 atom stereocenters. The first-order valence-corrected chi connectivity index (χ1v) is 7.26. The molecule has 0 bridgehead atoms. The SMILES string of the molecule is CCCC(CN(CC)c1cccc(C)c1)NCC. The van der Waals surface area contributed by atoms with E-state index < -0.39 is 0 Å². The average Bonchev–Trinajstić information content (AvgIpc) is 2.36. The second kappa shape index (κ2) is 8.15. The standard InChI is InChI=1S/C16H28N2/c1-5-9-15(17-6-2)13-18(7-3)16-11-8-10-14(4)12-16/h8,10-12,15,17H,5-7,9,13H2,1-4H3. The van der Waals surface area contributed by atoms with Crippen LogP contribution in [0.15, 0.2) is 24.3 Å². The van der Waals surface area contributed by atoms with Crippen LogP contribution in [0.3, 0.4) is 0 Å². The highest BCUT2D eigenvalue weighted by molar-refractivity contribution is 5.48. The molecule has 0 aliphatic heterocycles. The van der Waals surface area contributed by atoms with Crippen molar-refractivity contribution < 1.29 is 0 Å². The topological polar surface area (TPSA) is 15.3 Å². The maximum absolute atomic E-state index is 3.59. The molecule has 2 heteroatoms. The largest absolute Gasteiger partial charge is 0.370 e. The smallest absolute Gasteiger partial charge is 0.0369 e. The minimum absolute atomic E-state index is 0.598. The molecule has 0 amide bonds. The van der Waals surface area contributed by atoms with Crippen LogP contribution >= 0.6 is 0 Å². The quantitative estimate of drug-likeness (QED) is 0.756. The fraction of sp³-hybridized carbons (Fsp3) is 0.625. The monoisotopic (exact) mass is 248 g/mol. The van der Waals surface area contributed by atoms with Crippen LogP contribution < -0.4 is 10.2 Å². The summed E-state index contributed by atoms with van der Waals surface area (Å²) in [7, 11) is 0. The second-order valence-corrected chi connectivity index (χ2v) is 4.92. The molecule has 0 spiro atoms. The molecule has 2 nitrogen and oxygen atoms in total. The van der Waals surface area contributed by atoms with Crippen LogP contribution in [-0.4, -0.2) is 25.7 Å². The van der Waals surface area contributed by atoms with Gasteiger partial charge in [-0.1, -0.05) is 32.4 Å². The summed E-state index contributed by atoms with van der Waals surface area (Å²) >= 11 is 0.